The number of nitrogens with zero attached hydrogens (tertiary/aromatic N) is 2. The first-order chi connectivity index (χ1) is 6.19. The van der Waals surface area contributed by atoms with Crippen LogP contribution >= 0.6 is 0 Å². The number of hydrogen-bond donors (Lipinski definition) is 0. The molecule has 0 aromatic heterocycles. The van der Waals surface area contributed by atoms with E-state index in [0.29, 0.717) is 5.54 Å². The molecule has 2 rings (SSSR count). The highest BCUT2D eigenvalue weighted by Crippen LogP contribution is 2.52. The van der Waals surface area contributed by atoms with E-state index < -0.39 is 0 Å². The van der Waals surface area contributed by atoms with E-state index in [4.69, 9.17) is 0 Å². The molecule has 1 saturated carbocycles. The maximum absolute atomic E-state index is 2.65. The fraction of sp³-hybridized carbons (Fsp3) is 1.00. The van der Waals surface area contributed by atoms with Crippen LogP contribution in [0.4, 0.5) is 0 Å². The number of fused-ring (bicyclic) bond motifs is 1. The zero-order valence-electron chi connectivity index (χ0n) is 9.21. The van der Waals surface area contributed by atoms with Crippen molar-refractivity contribution in [2.45, 2.75) is 31.7 Å². The molecule has 0 bridgehead atoms. The Hall–Kier alpha value is -0.0800. The third kappa shape index (κ3) is 1.50. The van der Waals surface area contributed by atoms with E-state index in [2.05, 4.69) is 30.8 Å². The number of likely N-dealkylation sites (tertiary alicyclic amines) is 1. The van der Waals surface area contributed by atoms with Gasteiger partial charge in [0.15, 0.2) is 0 Å². The number of rotatable bonds is 4. The summed E-state index contributed by atoms with van der Waals surface area (Å²) in [6.07, 6.45) is 4.15. The first kappa shape index (κ1) is 9.47. The van der Waals surface area contributed by atoms with Gasteiger partial charge in [-0.2, -0.15) is 0 Å². The van der Waals surface area contributed by atoms with Crippen LogP contribution in [-0.4, -0.2) is 49.1 Å². The fourth-order valence-electron chi connectivity index (χ4n) is 2.80. The third-order valence-corrected chi connectivity index (χ3v) is 3.89. The van der Waals surface area contributed by atoms with Gasteiger partial charge < -0.3 is 9.80 Å². The second-order valence-corrected chi connectivity index (χ2v) is 4.99. The molecule has 0 radical (unpaired) electrons. The van der Waals surface area contributed by atoms with Gasteiger partial charge in [0.2, 0.25) is 0 Å². The zero-order valence-corrected chi connectivity index (χ0v) is 9.21. The van der Waals surface area contributed by atoms with Gasteiger partial charge in [-0.15, -0.1) is 0 Å². The van der Waals surface area contributed by atoms with Crippen molar-refractivity contribution >= 4 is 0 Å². The Balaban J connectivity index is 1.83. The lowest BCUT2D eigenvalue weighted by molar-refractivity contribution is 0.217. The van der Waals surface area contributed by atoms with Crippen LogP contribution in [0.1, 0.15) is 26.2 Å². The SMILES string of the molecule is CCCCN1CC2C[C@]2(N(C)C)C1. The maximum atomic E-state index is 2.65. The molecule has 1 unspecified atom stereocenters. The second-order valence-electron chi connectivity index (χ2n) is 4.99. The van der Waals surface area contributed by atoms with Crippen LogP contribution in [0.5, 0.6) is 0 Å². The Morgan fingerprint density at radius 2 is 2.23 bits per heavy atom. The van der Waals surface area contributed by atoms with E-state index in [9.17, 15) is 0 Å². The van der Waals surface area contributed by atoms with Crippen molar-refractivity contribution in [2.24, 2.45) is 5.92 Å². The highest BCUT2D eigenvalue weighted by Gasteiger charge is 2.60. The topological polar surface area (TPSA) is 6.48 Å². The molecular formula is C11H22N2. The fourth-order valence-corrected chi connectivity index (χ4v) is 2.80. The number of hydrogen-bond acceptors (Lipinski definition) is 2. The van der Waals surface area contributed by atoms with Gasteiger partial charge in [-0.05, 0) is 39.4 Å². The summed E-state index contributed by atoms with van der Waals surface area (Å²) in [6.45, 7) is 6.28. The van der Waals surface area contributed by atoms with E-state index in [0.717, 1.165) is 5.92 Å². The molecule has 0 N–H and O–H groups in total. The Bertz CT molecular complexity index is 191. The average molecular weight is 182 g/mol. The van der Waals surface area contributed by atoms with Crippen molar-refractivity contribution in [3.63, 3.8) is 0 Å². The van der Waals surface area contributed by atoms with Gasteiger partial charge in [0.1, 0.15) is 0 Å². The smallest absolute Gasteiger partial charge is 0.0375 e. The molecule has 1 heterocycles. The standard InChI is InChI=1S/C11H22N2/c1-4-5-6-13-8-10-7-11(10,9-13)12(2)3/h10H,4-9H2,1-3H3/t10?,11-/m0/s1. The van der Waals surface area contributed by atoms with Crippen LogP contribution in [0, 0.1) is 5.92 Å². The largest absolute Gasteiger partial charge is 0.302 e. The first-order valence-corrected chi connectivity index (χ1v) is 5.59. The van der Waals surface area contributed by atoms with Gasteiger partial charge in [0.05, 0.1) is 0 Å². The van der Waals surface area contributed by atoms with Crippen molar-refractivity contribution in [3.05, 3.63) is 0 Å². The molecule has 2 heteroatoms. The van der Waals surface area contributed by atoms with E-state index >= 15 is 0 Å². The zero-order chi connectivity index (χ0) is 9.47. The maximum Gasteiger partial charge on any atom is 0.0375 e. The monoisotopic (exact) mass is 182 g/mol. The molecule has 1 aliphatic heterocycles. The van der Waals surface area contributed by atoms with Crippen molar-refractivity contribution in [3.8, 4) is 0 Å². The van der Waals surface area contributed by atoms with Gasteiger partial charge in [0, 0.05) is 18.6 Å². The molecule has 2 aliphatic rings. The van der Waals surface area contributed by atoms with Gasteiger partial charge in [-0.1, -0.05) is 13.3 Å². The molecule has 13 heavy (non-hydrogen) atoms. The van der Waals surface area contributed by atoms with Crippen molar-refractivity contribution in [1.29, 1.82) is 0 Å². The summed E-state index contributed by atoms with van der Waals surface area (Å²) >= 11 is 0. The van der Waals surface area contributed by atoms with Crippen LogP contribution in [0.25, 0.3) is 0 Å². The molecule has 2 nitrogen and oxygen atoms in total. The highest BCUT2D eigenvalue weighted by atomic mass is 15.3. The Labute approximate surface area is 81.9 Å². The number of piperidine rings is 1. The Morgan fingerprint density at radius 3 is 2.77 bits per heavy atom. The molecule has 1 saturated heterocycles. The molecule has 2 fully saturated rings. The van der Waals surface area contributed by atoms with E-state index in [1.54, 1.807) is 0 Å². The van der Waals surface area contributed by atoms with E-state index in [1.807, 2.05) is 0 Å². The Kier molecular flexibility index (Phi) is 2.37. The van der Waals surface area contributed by atoms with Crippen LogP contribution in [0.15, 0.2) is 0 Å². The molecule has 76 valence electrons. The van der Waals surface area contributed by atoms with Gasteiger partial charge in [-0.3, -0.25) is 0 Å². The first-order valence-electron chi connectivity index (χ1n) is 5.59. The minimum absolute atomic E-state index is 0.591. The molecule has 0 aromatic carbocycles. The molecular weight excluding hydrogens is 160 g/mol. The average Bonchev–Trinajstić information content (AvgIpc) is 2.67. The summed E-state index contributed by atoms with van der Waals surface area (Å²) < 4.78 is 0. The highest BCUT2D eigenvalue weighted by molar-refractivity contribution is 5.17. The predicted molar refractivity (Wildman–Crippen MR) is 55.9 cm³/mol. The van der Waals surface area contributed by atoms with Crippen molar-refractivity contribution in [1.82, 2.24) is 9.80 Å². The summed E-state index contributed by atoms with van der Waals surface area (Å²) in [5, 5.41) is 0. The van der Waals surface area contributed by atoms with Gasteiger partial charge in [0.25, 0.3) is 0 Å². The molecule has 2 atom stereocenters. The normalized spacial score (nSPS) is 38.3. The van der Waals surface area contributed by atoms with Crippen molar-refractivity contribution < 1.29 is 0 Å². The van der Waals surface area contributed by atoms with Crippen LogP contribution in [0.2, 0.25) is 0 Å². The summed E-state index contributed by atoms with van der Waals surface area (Å²) in [4.78, 5) is 5.10. The second kappa shape index (κ2) is 3.25. The quantitative estimate of drug-likeness (QED) is 0.649. The van der Waals surface area contributed by atoms with E-state index in [1.165, 1.54) is 38.9 Å². The molecule has 1 aliphatic carbocycles. The summed E-state index contributed by atoms with van der Waals surface area (Å²) in [5.74, 6) is 0.986. The minimum atomic E-state index is 0.591. The molecule has 0 spiro atoms. The Morgan fingerprint density at radius 1 is 1.46 bits per heavy atom. The number of likely N-dealkylation sites (N-methyl/N-ethyl adjacent to an activating group) is 1. The van der Waals surface area contributed by atoms with E-state index in [-0.39, 0.29) is 0 Å². The molecule has 0 amide bonds. The lowest BCUT2D eigenvalue weighted by Gasteiger charge is -2.25. The summed E-state index contributed by atoms with van der Waals surface area (Å²) in [5.41, 5.74) is 0.591. The van der Waals surface area contributed by atoms with Gasteiger partial charge in [-0.25, -0.2) is 0 Å². The number of unbranched alkanes of at least 4 members (excludes halogenated alkanes) is 1. The predicted octanol–water partition coefficient (Wildman–Crippen LogP) is 1.42. The van der Waals surface area contributed by atoms with Crippen LogP contribution in [0.3, 0.4) is 0 Å². The summed E-state index contributed by atoms with van der Waals surface area (Å²) in [6, 6.07) is 0. The van der Waals surface area contributed by atoms with Crippen LogP contribution < -0.4 is 0 Å². The lowest BCUT2D eigenvalue weighted by atomic mass is 10.2. The molecule has 0 aromatic rings. The minimum Gasteiger partial charge on any atom is -0.302 e. The summed E-state index contributed by atoms with van der Waals surface area (Å²) in [7, 11) is 4.48. The lowest BCUT2D eigenvalue weighted by Crippen LogP contribution is -2.37. The third-order valence-electron chi connectivity index (χ3n) is 3.89. The van der Waals surface area contributed by atoms with Gasteiger partial charge >= 0.3 is 0 Å². The van der Waals surface area contributed by atoms with Crippen molar-refractivity contribution in [2.75, 3.05) is 33.7 Å². The van der Waals surface area contributed by atoms with Crippen LogP contribution in [-0.2, 0) is 0 Å².